The zero-order chi connectivity index (χ0) is 11.7. The van der Waals surface area contributed by atoms with Crippen LogP contribution in [0.25, 0.3) is 0 Å². The van der Waals surface area contributed by atoms with Gasteiger partial charge in [-0.15, -0.1) is 0 Å². The largest absolute Gasteiger partial charge is 0.414 e. The van der Waals surface area contributed by atoms with Crippen LogP contribution >= 0.6 is 11.8 Å². The highest BCUT2D eigenvalue weighted by atomic mass is 35.5. The zero-order valence-electron chi connectivity index (χ0n) is 10.6. The van der Waals surface area contributed by atoms with Crippen molar-refractivity contribution in [3.05, 3.63) is 0 Å². The van der Waals surface area contributed by atoms with E-state index in [1.54, 1.807) is 0 Å². The van der Waals surface area contributed by atoms with E-state index in [0.29, 0.717) is 11.1 Å². The first-order chi connectivity index (χ1) is 6.72. The molecule has 15 heavy (non-hydrogen) atoms. The minimum atomic E-state index is -1.58. The van der Waals surface area contributed by atoms with Crippen LogP contribution in [0.1, 0.15) is 33.6 Å². The molecule has 0 saturated carbocycles. The van der Waals surface area contributed by atoms with Crippen LogP contribution in [0.15, 0.2) is 0 Å². The van der Waals surface area contributed by atoms with Crippen molar-refractivity contribution in [3.63, 3.8) is 0 Å². The van der Waals surface area contributed by atoms with Crippen molar-refractivity contribution in [1.29, 1.82) is 0 Å². The molecule has 1 aliphatic heterocycles. The smallest absolute Gasteiger partial charge is 0.192 e. The highest BCUT2D eigenvalue weighted by Crippen LogP contribution is 2.38. The van der Waals surface area contributed by atoms with E-state index < -0.39 is 8.32 Å². The predicted molar refractivity (Wildman–Crippen MR) is 68.7 cm³/mol. The molecule has 0 aromatic rings. The first-order valence-corrected chi connectivity index (χ1v) is 9.05. The lowest BCUT2D eigenvalue weighted by Gasteiger charge is -2.41. The lowest BCUT2D eigenvalue weighted by atomic mass is 10.1. The maximum absolute atomic E-state index is 6.35. The summed E-state index contributed by atoms with van der Waals surface area (Å²) in [5, 5.41) is 0.311. The van der Waals surface area contributed by atoms with Crippen LogP contribution < -0.4 is 0 Å². The first-order valence-electron chi connectivity index (χ1n) is 5.81. The molecule has 0 aromatic heterocycles. The van der Waals surface area contributed by atoms with E-state index in [0.717, 1.165) is 25.9 Å². The van der Waals surface area contributed by atoms with Gasteiger partial charge in [0.25, 0.3) is 0 Å². The Morgan fingerprint density at radius 3 is 2.07 bits per heavy atom. The molecule has 1 heterocycles. The molecule has 4 heteroatoms. The fourth-order valence-electron chi connectivity index (χ4n) is 1.54. The van der Waals surface area contributed by atoms with Gasteiger partial charge in [-0.25, -0.2) is 4.42 Å². The van der Waals surface area contributed by atoms with E-state index in [-0.39, 0.29) is 0 Å². The van der Waals surface area contributed by atoms with Gasteiger partial charge in [-0.1, -0.05) is 20.8 Å². The molecule has 1 aliphatic rings. The summed E-state index contributed by atoms with van der Waals surface area (Å²) in [6, 6.07) is 0. The molecule has 0 spiro atoms. The van der Waals surface area contributed by atoms with Crippen molar-refractivity contribution in [3.8, 4) is 0 Å². The van der Waals surface area contributed by atoms with Crippen LogP contribution in [0.3, 0.4) is 0 Å². The third-order valence-corrected chi connectivity index (χ3v) is 8.53. The van der Waals surface area contributed by atoms with Gasteiger partial charge in [-0.05, 0) is 42.8 Å². The second-order valence-corrected chi connectivity index (χ2v) is 11.2. The molecule has 0 aliphatic carbocycles. The molecular weight excluding hydrogens is 226 g/mol. The fourth-order valence-corrected chi connectivity index (χ4v) is 3.15. The summed E-state index contributed by atoms with van der Waals surface area (Å²) in [4.78, 5) is 0. The summed E-state index contributed by atoms with van der Waals surface area (Å²) >= 11 is 5.93. The van der Waals surface area contributed by atoms with Crippen LogP contribution in [0.5, 0.6) is 0 Å². The van der Waals surface area contributed by atoms with Crippen molar-refractivity contribution in [2.45, 2.75) is 57.8 Å². The molecule has 0 aromatic carbocycles. The van der Waals surface area contributed by atoms with Gasteiger partial charge in [-0.2, -0.15) is 0 Å². The molecule has 2 nitrogen and oxygen atoms in total. The van der Waals surface area contributed by atoms with Crippen LogP contribution in [0.2, 0.25) is 18.1 Å². The Balaban J connectivity index is 2.48. The molecule has 0 bridgehead atoms. The van der Waals surface area contributed by atoms with E-state index in [4.69, 9.17) is 16.2 Å². The zero-order valence-corrected chi connectivity index (χ0v) is 12.4. The van der Waals surface area contributed by atoms with Gasteiger partial charge in [0.1, 0.15) is 0 Å². The van der Waals surface area contributed by atoms with E-state index in [1.807, 2.05) is 4.42 Å². The van der Waals surface area contributed by atoms with Gasteiger partial charge in [0, 0.05) is 19.2 Å². The molecule has 1 saturated heterocycles. The van der Waals surface area contributed by atoms with Gasteiger partial charge in [0.2, 0.25) is 0 Å². The Labute approximate surface area is 100 Å². The molecule has 1 rings (SSSR count). The average Bonchev–Trinajstić information content (AvgIpc) is 2.06. The maximum Gasteiger partial charge on any atom is 0.192 e. The minimum absolute atomic E-state index is 0.311. The van der Waals surface area contributed by atoms with Gasteiger partial charge in [-0.3, -0.25) is 0 Å². The Hall–Kier alpha value is 0.427. The third kappa shape index (κ3) is 3.73. The van der Waals surface area contributed by atoms with E-state index in [9.17, 15) is 0 Å². The van der Waals surface area contributed by atoms with Crippen molar-refractivity contribution in [1.82, 2.24) is 4.42 Å². The second kappa shape index (κ2) is 4.74. The van der Waals surface area contributed by atoms with Crippen molar-refractivity contribution in [2.24, 2.45) is 0 Å². The van der Waals surface area contributed by atoms with Crippen molar-refractivity contribution in [2.75, 3.05) is 13.1 Å². The molecule has 1 fully saturated rings. The quantitative estimate of drug-likeness (QED) is 0.548. The number of hydrogen-bond acceptors (Lipinski definition) is 2. The standard InChI is InChI=1S/C11H24ClNOSi/c1-11(2,3)15(4,5)14-10-6-8-13(12)9-7-10/h10H,6-9H2,1-5H3. The lowest BCUT2D eigenvalue weighted by molar-refractivity contribution is 0.121. The number of piperidine rings is 1. The number of hydrogen-bond donors (Lipinski definition) is 0. The molecule has 0 radical (unpaired) electrons. The van der Waals surface area contributed by atoms with E-state index in [2.05, 4.69) is 33.9 Å². The summed E-state index contributed by atoms with van der Waals surface area (Å²) in [6.07, 6.45) is 2.59. The Kier molecular flexibility index (Phi) is 4.26. The SMILES string of the molecule is CC(C)(C)[Si](C)(C)OC1CCN(Cl)CC1. The number of nitrogens with zero attached hydrogens (tertiary/aromatic N) is 1. The Morgan fingerprint density at radius 1 is 1.20 bits per heavy atom. The van der Waals surface area contributed by atoms with Gasteiger partial charge < -0.3 is 4.43 Å². The lowest BCUT2D eigenvalue weighted by Crippen LogP contribution is -2.46. The predicted octanol–water partition coefficient (Wildman–Crippen LogP) is 3.63. The van der Waals surface area contributed by atoms with Crippen LogP contribution in [-0.4, -0.2) is 31.9 Å². The fraction of sp³-hybridized carbons (Fsp3) is 1.00. The first kappa shape index (κ1) is 13.5. The van der Waals surface area contributed by atoms with Crippen molar-refractivity contribution < 1.29 is 4.43 Å². The van der Waals surface area contributed by atoms with Crippen molar-refractivity contribution >= 4 is 20.1 Å². The van der Waals surface area contributed by atoms with Gasteiger partial charge in [0.05, 0.1) is 0 Å². The normalized spacial score (nSPS) is 22.0. The van der Waals surface area contributed by atoms with E-state index >= 15 is 0 Å². The van der Waals surface area contributed by atoms with E-state index in [1.165, 1.54) is 0 Å². The van der Waals surface area contributed by atoms with Crippen LogP contribution in [0, 0.1) is 0 Å². The molecule has 0 N–H and O–H groups in total. The summed E-state index contributed by atoms with van der Waals surface area (Å²) in [6.45, 7) is 13.4. The average molecular weight is 250 g/mol. The summed E-state index contributed by atoms with van der Waals surface area (Å²) < 4.78 is 8.21. The highest BCUT2D eigenvalue weighted by Gasteiger charge is 2.39. The molecule has 0 unspecified atom stereocenters. The van der Waals surface area contributed by atoms with Crippen LogP contribution in [-0.2, 0) is 4.43 Å². The topological polar surface area (TPSA) is 12.5 Å². The minimum Gasteiger partial charge on any atom is -0.414 e. The van der Waals surface area contributed by atoms with Gasteiger partial charge >= 0.3 is 0 Å². The maximum atomic E-state index is 6.35. The summed E-state index contributed by atoms with van der Waals surface area (Å²) in [5.41, 5.74) is 0. The molecule has 90 valence electrons. The Bertz CT molecular complexity index is 207. The Morgan fingerprint density at radius 2 is 1.67 bits per heavy atom. The molecule has 0 amide bonds. The molecular formula is C11H24ClNOSi. The summed E-state index contributed by atoms with van der Waals surface area (Å²) in [5.74, 6) is 0. The third-order valence-electron chi connectivity index (χ3n) is 3.65. The number of rotatable bonds is 2. The monoisotopic (exact) mass is 249 g/mol. The summed E-state index contributed by atoms with van der Waals surface area (Å²) in [7, 11) is -1.58. The second-order valence-electron chi connectivity index (χ2n) is 5.99. The molecule has 0 atom stereocenters. The van der Waals surface area contributed by atoms with Gasteiger partial charge in [0.15, 0.2) is 8.32 Å². The van der Waals surface area contributed by atoms with Crippen LogP contribution in [0.4, 0.5) is 0 Å². The number of halogens is 1. The highest BCUT2D eigenvalue weighted by molar-refractivity contribution is 6.74.